The van der Waals surface area contributed by atoms with Crippen LogP contribution in [0.15, 0.2) is 46.8 Å². The molecule has 0 unspecified atom stereocenters. The van der Waals surface area contributed by atoms with E-state index in [0.717, 1.165) is 30.2 Å². The summed E-state index contributed by atoms with van der Waals surface area (Å²) in [6.07, 6.45) is 1.39. The third-order valence-electron chi connectivity index (χ3n) is 3.38. The van der Waals surface area contributed by atoms with Gasteiger partial charge in [-0.05, 0) is 35.6 Å². The van der Waals surface area contributed by atoms with Crippen LogP contribution in [-0.4, -0.2) is 18.9 Å². The molecule has 136 valence electrons. The molecule has 0 saturated heterocycles. The molecule has 0 aliphatic rings. The number of amides is 1. The van der Waals surface area contributed by atoms with Crippen LogP contribution in [-0.2, 0) is 17.9 Å². The van der Waals surface area contributed by atoms with E-state index in [0.29, 0.717) is 13.0 Å². The van der Waals surface area contributed by atoms with Gasteiger partial charge in [0.05, 0.1) is 6.54 Å². The predicted molar refractivity (Wildman–Crippen MR) is 117 cm³/mol. The number of carbonyl (C=O) groups excluding carboxylic acids is 1. The molecule has 0 spiro atoms. The highest BCUT2D eigenvalue weighted by Crippen LogP contribution is 2.11. The highest BCUT2D eigenvalue weighted by molar-refractivity contribution is 14.0. The van der Waals surface area contributed by atoms with Gasteiger partial charge in [-0.1, -0.05) is 25.1 Å². The molecule has 0 atom stereocenters. The number of anilines is 1. The second-order valence-electron chi connectivity index (χ2n) is 5.36. The molecular formula is C18H25IN4OS. The molecule has 0 aliphatic heterocycles. The second-order valence-corrected chi connectivity index (χ2v) is 6.39. The topological polar surface area (TPSA) is 65.5 Å². The van der Waals surface area contributed by atoms with E-state index in [1.807, 2.05) is 37.3 Å². The Morgan fingerprint density at radius 1 is 1.16 bits per heavy atom. The summed E-state index contributed by atoms with van der Waals surface area (Å²) >= 11 is 1.72. The summed E-state index contributed by atoms with van der Waals surface area (Å²) in [5, 5.41) is 11.5. The molecule has 0 bridgehead atoms. The average molecular weight is 472 g/mol. The molecule has 0 saturated carbocycles. The normalized spacial score (nSPS) is 10.7. The maximum absolute atomic E-state index is 11.7. The van der Waals surface area contributed by atoms with Crippen molar-refractivity contribution in [3.05, 3.63) is 52.2 Å². The van der Waals surface area contributed by atoms with Crippen molar-refractivity contribution in [1.29, 1.82) is 0 Å². The number of hydrogen-bond donors (Lipinski definition) is 3. The Morgan fingerprint density at radius 2 is 1.96 bits per heavy atom. The molecular weight excluding hydrogens is 447 g/mol. The minimum Gasteiger partial charge on any atom is -0.352 e. The number of halogens is 1. The Kier molecular flexibility index (Phi) is 10.2. The molecule has 5 nitrogen and oxygen atoms in total. The summed E-state index contributed by atoms with van der Waals surface area (Å²) in [5.41, 5.74) is 1.91. The van der Waals surface area contributed by atoms with Gasteiger partial charge in [-0.15, -0.1) is 35.3 Å². The Morgan fingerprint density at radius 3 is 2.64 bits per heavy atom. The van der Waals surface area contributed by atoms with Gasteiger partial charge in [0, 0.05) is 30.6 Å². The van der Waals surface area contributed by atoms with E-state index >= 15 is 0 Å². The zero-order valence-corrected chi connectivity index (χ0v) is 17.7. The Hall–Kier alpha value is -1.61. The smallest absolute Gasteiger partial charge is 0.224 e. The van der Waals surface area contributed by atoms with E-state index < -0.39 is 0 Å². The van der Waals surface area contributed by atoms with Gasteiger partial charge in [0.15, 0.2) is 5.96 Å². The third kappa shape index (κ3) is 7.87. The lowest BCUT2D eigenvalue weighted by Crippen LogP contribution is -2.36. The molecule has 0 fully saturated rings. The molecule has 0 radical (unpaired) electrons. The molecule has 1 heterocycles. The van der Waals surface area contributed by atoms with Crippen LogP contribution < -0.4 is 16.0 Å². The van der Waals surface area contributed by atoms with Gasteiger partial charge in [-0.2, -0.15) is 0 Å². The first-order valence-corrected chi connectivity index (χ1v) is 8.95. The van der Waals surface area contributed by atoms with Crippen LogP contribution in [0.3, 0.4) is 0 Å². The summed E-state index contributed by atoms with van der Waals surface area (Å²) in [5.74, 6) is 0.805. The number of guanidine groups is 1. The zero-order valence-electron chi connectivity index (χ0n) is 14.5. The van der Waals surface area contributed by atoms with E-state index in [9.17, 15) is 4.79 Å². The molecule has 2 rings (SSSR count). The van der Waals surface area contributed by atoms with Gasteiger partial charge in [-0.3, -0.25) is 9.79 Å². The van der Waals surface area contributed by atoms with Crippen LogP contribution in [0, 0.1) is 0 Å². The number of carbonyl (C=O) groups is 1. The van der Waals surface area contributed by atoms with Crippen molar-refractivity contribution in [3.63, 3.8) is 0 Å². The van der Waals surface area contributed by atoms with Gasteiger partial charge in [0.25, 0.3) is 0 Å². The maximum Gasteiger partial charge on any atom is 0.224 e. The number of nitrogens with one attached hydrogen (secondary N) is 3. The highest BCUT2D eigenvalue weighted by atomic mass is 127. The first kappa shape index (κ1) is 21.4. The largest absolute Gasteiger partial charge is 0.352 e. The Labute approximate surface area is 170 Å². The second kappa shape index (κ2) is 11.9. The van der Waals surface area contributed by atoms with Crippen molar-refractivity contribution in [3.8, 4) is 0 Å². The van der Waals surface area contributed by atoms with E-state index in [1.54, 1.807) is 18.4 Å². The molecule has 3 N–H and O–H groups in total. The minimum atomic E-state index is 0. The predicted octanol–water partition coefficient (Wildman–Crippen LogP) is 3.97. The van der Waals surface area contributed by atoms with Crippen LogP contribution in [0.2, 0.25) is 0 Å². The van der Waals surface area contributed by atoms with E-state index in [1.165, 1.54) is 4.88 Å². The Bertz CT molecular complexity index is 673. The van der Waals surface area contributed by atoms with Crippen molar-refractivity contribution in [2.45, 2.75) is 32.9 Å². The number of benzene rings is 1. The number of thiophene rings is 1. The fraction of sp³-hybridized carbons (Fsp3) is 0.333. The number of nitrogens with zero attached hydrogens (tertiary/aromatic N) is 1. The first-order valence-electron chi connectivity index (χ1n) is 8.07. The highest BCUT2D eigenvalue weighted by Gasteiger charge is 2.03. The van der Waals surface area contributed by atoms with Crippen LogP contribution in [0.25, 0.3) is 0 Å². The molecule has 0 aliphatic carbocycles. The first-order chi connectivity index (χ1) is 11.7. The lowest BCUT2D eigenvalue weighted by molar-refractivity contribution is -0.116. The zero-order chi connectivity index (χ0) is 17.2. The maximum atomic E-state index is 11.7. The average Bonchev–Trinajstić information content (AvgIpc) is 3.09. The van der Waals surface area contributed by atoms with Crippen molar-refractivity contribution in [2.75, 3.05) is 12.4 Å². The van der Waals surface area contributed by atoms with Gasteiger partial charge in [-0.25, -0.2) is 0 Å². The summed E-state index contributed by atoms with van der Waals surface area (Å²) < 4.78 is 0. The molecule has 1 aromatic heterocycles. The standard InChI is InChI=1S/C18H24N4OS.HI/c1-3-6-17(23)22-15-8-4-7-14(11-15)12-20-18(19-2)21-13-16-9-5-10-24-16;/h4-5,7-11H,3,6,12-13H2,1-2H3,(H,22,23)(H2,19,20,21);1H. The van der Waals surface area contributed by atoms with Crippen LogP contribution >= 0.6 is 35.3 Å². The minimum absolute atomic E-state index is 0. The summed E-state index contributed by atoms with van der Waals surface area (Å²) in [7, 11) is 1.76. The molecule has 1 amide bonds. The summed E-state index contributed by atoms with van der Waals surface area (Å²) in [6.45, 7) is 3.39. The van der Waals surface area contributed by atoms with Crippen molar-refractivity contribution in [1.82, 2.24) is 10.6 Å². The fourth-order valence-electron chi connectivity index (χ4n) is 2.20. The lowest BCUT2D eigenvalue weighted by atomic mass is 10.2. The molecule has 25 heavy (non-hydrogen) atoms. The summed E-state index contributed by atoms with van der Waals surface area (Å²) in [6, 6.07) is 12.0. The van der Waals surface area contributed by atoms with Gasteiger partial charge in [0.1, 0.15) is 0 Å². The quantitative estimate of drug-likeness (QED) is 0.325. The SMILES string of the molecule is CCCC(=O)Nc1cccc(CNC(=NC)NCc2cccs2)c1.I. The fourth-order valence-corrected chi connectivity index (χ4v) is 2.84. The number of aliphatic imine (C=N–C) groups is 1. The molecule has 2 aromatic rings. The van der Waals surface area contributed by atoms with Crippen molar-refractivity contribution >= 4 is 52.9 Å². The van der Waals surface area contributed by atoms with E-state index in [-0.39, 0.29) is 29.9 Å². The van der Waals surface area contributed by atoms with Crippen molar-refractivity contribution < 1.29 is 4.79 Å². The van der Waals surface area contributed by atoms with Gasteiger partial charge >= 0.3 is 0 Å². The number of hydrogen-bond acceptors (Lipinski definition) is 3. The molecule has 1 aromatic carbocycles. The van der Waals surface area contributed by atoms with Crippen molar-refractivity contribution in [2.24, 2.45) is 4.99 Å². The lowest BCUT2D eigenvalue weighted by Gasteiger charge is -2.12. The third-order valence-corrected chi connectivity index (χ3v) is 4.26. The van der Waals surface area contributed by atoms with Crippen LogP contribution in [0.4, 0.5) is 5.69 Å². The monoisotopic (exact) mass is 472 g/mol. The van der Waals surface area contributed by atoms with Crippen LogP contribution in [0.1, 0.15) is 30.2 Å². The number of rotatable bonds is 7. The van der Waals surface area contributed by atoms with E-state index in [2.05, 4.69) is 32.4 Å². The molecule has 7 heteroatoms. The summed E-state index contributed by atoms with van der Waals surface area (Å²) in [4.78, 5) is 17.2. The van der Waals surface area contributed by atoms with Gasteiger partial charge < -0.3 is 16.0 Å². The van der Waals surface area contributed by atoms with Crippen LogP contribution in [0.5, 0.6) is 0 Å². The van der Waals surface area contributed by atoms with E-state index in [4.69, 9.17) is 0 Å². The van der Waals surface area contributed by atoms with Gasteiger partial charge in [0.2, 0.25) is 5.91 Å². The Balaban J connectivity index is 0.00000312.